The predicted molar refractivity (Wildman–Crippen MR) is 54.9 cm³/mol. The third-order valence-corrected chi connectivity index (χ3v) is 2.01. The summed E-state index contributed by atoms with van der Waals surface area (Å²) in [4.78, 5) is 12.8. The van der Waals surface area contributed by atoms with Gasteiger partial charge in [-0.15, -0.1) is 0 Å². The van der Waals surface area contributed by atoms with E-state index in [2.05, 4.69) is 0 Å². The van der Waals surface area contributed by atoms with E-state index in [1.807, 2.05) is 0 Å². The molecule has 0 unspecified atom stereocenters. The first-order chi connectivity index (χ1) is 7.06. The second-order valence-electron chi connectivity index (χ2n) is 3.19. The van der Waals surface area contributed by atoms with Crippen LogP contribution in [0.5, 0.6) is 0 Å². The highest BCUT2D eigenvalue weighted by atomic mass is 19.1. The number of nitrogen functional groups attached to an aromatic ring is 1. The molecule has 5 heteroatoms. The van der Waals surface area contributed by atoms with E-state index >= 15 is 0 Å². The molecule has 1 aromatic carbocycles. The number of nitrogens with zero attached hydrogens (tertiary/aromatic N) is 1. The van der Waals surface area contributed by atoms with E-state index in [0.717, 1.165) is 6.07 Å². The molecular formula is C10H13FN2O2. The number of anilines is 1. The number of carbonyl (C=O) groups excluding carboxylic acids is 1. The number of hydrogen-bond donors (Lipinski definition) is 2. The zero-order valence-electron chi connectivity index (χ0n) is 8.40. The first-order valence-corrected chi connectivity index (χ1v) is 4.47. The number of halogens is 1. The molecule has 0 saturated heterocycles. The van der Waals surface area contributed by atoms with E-state index in [9.17, 15) is 9.18 Å². The Hall–Kier alpha value is -1.62. The molecular weight excluding hydrogens is 199 g/mol. The van der Waals surface area contributed by atoms with Gasteiger partial charge in [0.1, 0.15) is 5.82 Å². The molecule has 4 nitrogen and oxygen atoms in total. The third-order valence-electron chi connectivity index (χ3n) is 2.01. The molecule has 0 heterocycles. The van der Waals surface area contributed by atoms with Gasteiger partial charge in [0.15, 0.2) is 0 Å². The first kappa shape index (κ1) is 11.5. The number of likely N-dealkylation sites (N-methyl/N-ethyl adjacent to an activating group) is 1. The average molecular weight is 212 g/mol. The number of carbonyl (C=O) groups is 1. The largest absolute Gasteiger partial charge is 0.399 e. The van der Waals surface area contributed by atoms with Crippen LogP contribution in [0.15, 0.2) is 18.2 Å². The van der Waals surface area contributed by atoms with Gasteiger partial charge in [-0.25, -0.2) is 4.39 Å². The highest BCUT2D eigenvalue weighted by Crippen LogP contribution is 2.13. The third kappa shape index (κ3) is 2.66. The van der Waals surface area contributed by atoms with Gasteiger partial charge in [-0.2, -0.15) is 0 Å². The predicted octanol–water partition coefficient (Wildman–Crippen LogP) is 0.472. The molecule has 1 amide bonds. The van der Waals surface area contributed by atoms with Crippen LogP contribution in [0, 0.1) is 5.82 Å². The molecule has 0 fully saturated rings. The van der Waals surface area contributed by atoms with E-state index in [-0.39, 0.29) is 24.4 Å². The quantitative estimate of drug-likeness (QED) is 0.716. The standard InChI is InChI=1S/C10H13FN2O2/c1-13(4-5-14)10(15)8-3-2-7(12)6-9(8)11/h2-3,6,14H,4-5,12H2,1H3. The van der Waals surface area contributed by atoms with Crippen molar-refractivity contribution in [3.8, 4) is 0 Å². The van der Waals surface area contributed by atoms with Crippen LogP contribution in [-0.2, 0) is 0 Å². The summed E-state index contributed by atoms with van der Waals surface area (Å²) in [5.74, 6) is -1.12. The lowest BCUT2D eigenvalue weighted by Gasteiger charge is -2.15. The van der Waals surface area contributed by atoms with Crippen LogP contribution in [0.25, 0.3) is 0 Å². The molecule has 3 N–H and O–H groups in total. The fourth-order valence-electron chi connectivity index (χ4n) is 1.16. The fourth-order valence-corrected chi connectivity index (χ4v) is 1.16. The lowest BCUT2D eigenvalue weighted by molar-refractivity contribution is 0.0762. The lowest BCUT2D eigenvalue weighted by atomic mass is 10.1. The lowest BCUT2D eigenvalue weighted by Crippen LogP contribution is -2.30. The van der Waals surface area contributed by atoms with Gasteiger partial charge >= 0.3 is 0 Å². The molecule has 1 aromatic rings. The Morgan fingerprint density at radius 1 is 1.60 bits per heavy atom. The van der Waals surface area contributed by atoms with Gasteiger partial charge in [0, 0.05) is 19.3 Å². The van der Waals surface area contributed by atoms with E-state index in [4.69, 9.17) is 10.8 Å². The van der Waals surface area contributed by atoms with Gasteiger partial charge in [-0.3, -0.25) is 4.79 Å². The van der Waals surface area contributed by atoms with Crippen molar-refractivity contribution in [3.63, 3.8) is 0 Å². The molecule has 15 heavy (non-hydrogen) atoms. The van der Waals surface area contributed by atoms with Crippen molar-refractivity contribution in [1.29, 1.82) is 0 Å². The SMILES string of the molecule is CN(CCO)C(=O)c1ccc(N)cc1F. The van der Waals surface area contributed by atoms with Crippen LogP contribution in [0.3, 0.4) is 0 Å². The summed E-state index contributed by atoms with van der Waals surface area (Å²) in [5, 5.41) is 8.64. The summed E-state index contributed by atoms with van der Waals surface area (Å²) in [6.45, 7) is 0.0154. The summed E-state index contributed by atoms with van der Waals surface area (Å²) in [6.07, 6.45) is 0. The minimum absolute atomic E-state index is 0.0415. The average Bonchev–Trinajstić information content (AvgIpc) is 2.17. The Balaban J connectivity index is 2.91. The molecule has 0 spiro atoms. The molecule has 0 saturated carbocycles. The summed E-state index contributed by atoms with van der Waals surface area (Å²) >= 11 is 0. The van der Waals surface area contributed by atoms with Crippen LogP contribution in [0.2, 0.25) is 0 Å². The number of amides is 1. The van der Waals surface area contributed by atoms with Gasteiger partial charge in [-0.05, 0) is 18.2 Å². The van der Waals surface area contributed by atoms with Gasteiger partial charge in [0.25, 0.3) is 5.91 Å². The van der Waals surface area contributed by atoms with Crippen LogP contribution in [0.4, 0.5) is 10.1 Å². The zero-order valence-corrected chi connectivity index (χ0v) is 8.40. The zero-order chi connectivity index (χ0) is 11.4. The number of aliphatic hydroxyl groups is 1. The molecule has 0 aromatic heterocycles. The van der Waals surface area contributed by atoms with E-state index in [0.29, 0.717) is 0 Å². The number of rotatable bonds is 3. The van der Waals surface area contributed by atoms with E-state index in [1.165, 1.54) is 24.1 Å². The molecule has 0 radical (unpaired) electrons. The molecule has 0 atom stereocenters. The van der Waals surface area contributed by atoms with E-state index in [1.54, 1.807) is 0 Å². The molecule has 1 rings (SSSR count). The highest BCUT2D eigenvalue weighted by Gasteiger charge is 2.15. The number of aliphatic hydroxyl groups excluding tert-OH is 1. The Bertz CT molecular complexity index is 368. The van der Waals surface area contributed by atoms with Crippen molar-refractivity contribution < 1.29 is 14.3 Å². The monoisotopic (exact) mass is 212 g/mol. The Labute approximate surface area is 87.1 Å². The molecule has 0 aliphatic heterocycles. The second kappa shape index (κ2) is 4.75. The van der Waals surface area contributed by atoms with Crippen molar-refractivity contribution >= 4 is 11.6 Å². The Morgan fingerprint density at radius 2 is 2.27 bits per heavy atom. The summed E-state index contributed by atoms with van der Waals surface area (Å²) in [7, 11) is 1.49. The number of hydrogen-bond acceptors (Lipinski definition) is 3. The van der Waals surface area contributed by atoms with Crippen molar-refractivity contribution in [2.24, 2.45) is 0 Å². The molecule has 82 valence electrons. The Kier molecular flexibility index (Phi) is 3.62. The summed E-state index contributed by atoms with van der Waals surface area (Å²) in [5.41, 5.74) is 5.59. The van der Waals surface area contributed by atoms with Crippen molar-refractivity contribution in [2.45, 2.75) is 0 Å². The molecule has 0 bridgehead atoms. The van der Waals surface area contributed by atoms with Gasteiger partial charge in [-0.1, -0.05) is 0 Å². The fraction of sp³-hybridized carbons (Fsp3) is 0.300. The highest BCUT2D eigenvalue weighted by molar-refractivity contribution is 5.94. The molecule has 0 aliphatic rings. The maximum Gasteiger partial charge on any atom is 0.256 e. The van der Waals surface area contributed by atoms with Crippen molar-refractivity contribution in [2.75, 3.05) is 25.9 Å². The summed E-state index contributed by atoms with van der Waals surface area (Å²) in [6, 6.07) is 3.89. The number of benzene rings is 1. The topological polar surface area (TPSA) is 66.6 Å². The van der Waals surface area contributed by atoms with Crippen LogP contribution >= 0.6 is 0 Å². The van der Waals surface area contributed by atoms with Crippen LogP contribution < -0.4 is 5.73 Å². The van der Waals surface area contributed by atoms with Crippen LogP contribution in [0.1, 0.15) is 10.4 Å². The van der Waals surface area contributed by atoms with E-state index < -0.39 is 11.7 Å². The Morgan fingerprint density at radius 3 is 2.80 bits per heavy atom. The van der Waals surface area contributed by atoms with Gasteiger partial charge < -0.3 is 15.7 Å². The first-order valence-electron chi connectivity index (χ1n) is 4.47. The van der Waals surface area contributed by atoms with Crippen molar-refractivity contribution in [1.82, 2.24) is 4.90 Å². The summed E-state index contributed by atoms with van der Waals surface area (Å²) < 4.78 is 13.3. The van der Waals surface area contributed by atoms with Gasteiger partial charge in [0.05, 0.1) is 12.2 Å². The minimum atomic E-state index is -0.648. The minimum Gasteiger partial charge on any atom is -0.399 e. The number of nitrogens with two attached hydrogens (primary N) is 1. The molecule has 0 aliphatic carbocycles. The maximum atomic E-state index is 13.3. The smallest absolute Gasteiger partial charge is 0.256 e. The van der Waals surface area contributed by atoms with Crippen molar-refractivity contribution in [3.05, 3.63) is 29.6 Å². The normalized spacial score (nSPS) is 10.1. The maximum absolute atomic E-state index is 13.3. The second-order valence-corrected chi connectivity index (χ2v) is 3.19. The van der Waals surface area contributed by atoms with Gasteiger partial charge in [0.2, 0.25) is 0 Å². The van der Waals surface area contributed by atoms with Crippen LogP contribution in [-0.4, -0.2) is 36.1 Å².